The molecule has 6 heteroatoms. The number of aromatic nitrogens is 2. The van der Waals surface area contributed by atoms with Gasteiger partial charge in [-0.3, -0.25) is 10.1 Å². The average molecular weight is 206 g/mol. The first kappa shape index (κ1) is 9.41. The van der Waals surface area contributed by atoms with Crippen LogP contribution in [0.25, 0.3) is 0 Å². The molecule has 4 nitrogen and oxygen atoms in total. The zero-order valence-electron chi connectivity index (χ0n) is 6.67. The monoisotopic (exact) mass is 205 g/mol. The first-order valence-electron chi connectivity index (χ1n) is 3.34. The number of nitrogens with one attached hydrogen (secondary N) is 1. The van der Waals surface area contributed by atoms with Gasteiger partial charge in [0.25, 0.3) is 0 Å². The molecule has 1 aromatic rings. The Kier molecular flexibility index (Phi) is 2.99. The van der Waals surface area contributed by atoms with Crippen molar-refractivity contribution in [1.82, 2.24) is 10.2 Å². The zero-order valence-corrected chi connectivity index (χ0v) is 8.24. The highest BCUT2D eigenvalue weighted by molar-refractivity contribution is 7.15. The van der Waals surface area contributed by atoms with E-state index in [1.54, 1.807) is 6.92 Å². The minimum Gasteiger partial charge on any atom is -0.299 e. The summed E-state index contributed by atoms with van der Waals surface area (Å²) in [5.41, 5.74) is 0. The van der Waals surface area contributed by atoms with Gasteiger partial charge < -0.3 is 0 Å². The van der Waals surface area contributed by atoms with Crippen molar-refractivity contribution < 1.29 is 4.79 Å². The van der Waals surface area contributed by atoms with Gasteiger partial charge in [0.05, 0.1) is 0 Å². The molecule has 1 heterocycles. The maximum atomic E-state index is 11.0. The molecular formula is C6H8ClN3OS. The van der Waals surface area contributed by atoms with E-state index in [4.69, 9.17) is 11.6 Å². The lowest BCUT2D eigenvalue weighted by molar-refractivity contribution is -0.115. The number of amides is 1. The first-order chi connectivity index (χ1) is 5.59. The SMILES string of the molecule is Cc1nnc(NC(=O)[C@H](C)Cl)s1. The molecule has 0 saturated carbocycles. The second-order valence-electron chi connectivity index (χ2n) is 2.23. The fraction of sp³-hybridized carbons (Fsp3) is 0.500. The molecule has 0 aliphatic carbocycles. The predicted octanol–water partition coefficient (Wildman–Crippen LogP) is 1.41. The van der Waals surface area contributed by atoms with Crippen LogP contribution in [0.1, 0.15) is 11.9 Å². The van der Waals surface area contributed by atoms with Crippen molar-refractivity contribution in [3.05, 3.63) is 5.01 Å². The van der Waals surface area contributed by atoms with Crippen LogP contribution < -0.4 is 5.32 Å². The number of hydrogen-bond donors (Lipinski definition) is 1. The number of nitrogens with zero attached hydrogens (tertiary/aromatic N) is 2. The molecule has 0 aromatic carbocycles. The summed E-state index contributed by atoms with van der Waals surface area (Å²) in [5.74, 6) is -0.257. The summed E-state index contributed by atoms with van der Waals surface area (Å²) < 4.78 is 0. The van der Waals surface area contributed by atoms with Crippen LogP contribution in [0.5, 0.6) is 0 Å². The summed E-state index contributed by atoms with van der Waals surface area (Å²) in [6, 6.07) is 0. The molecule has 0 radical (unpaired) electrons. The van der Waals surface area contributed by atoms with Gasteiger partial charge >= 0.3 is 0 Å². The number of hydrogen-bond acceptors (Lipinski definition) is 4. The summed E-state index contributed by atoms with van der Waals surface area (Å²) in [6.45, 7) is 3.42. The van der Waals surface area contributed by atoms with Crippen molar-refractivity contribution in [2.75, 3.05) is 5.32 Å². The fourth-order valence-electron chi connectivity index (χ4n) is 0.552. The Morgan fingerprint density at radius 1 is 1.67 bits per heavy atom. The average Bonchev–Trinajstić information content (AvgIpc) is 2.35. The Morgan fingerprint density at radius 2 is 2.33 bits per heavy atom. The van der Waals surface area contributed by atoms with Gasteiger partial charge in [0.15, 0.2) is 0 Å². The van der Waals surface area contributed by atoms with Crippen LogP contribution in [0.15, 0.2) is 0 Å². The molecule has 0 bridgehead atoms. The van der Waals surface area contributed by atoms with E-state index >= 15 is 0 Å². The lowest BCUT2D eigenvalue weighted by Crippen LogP contribution is -2.20. The third kappa shape index (κ3) is 2.42. The maximum Gasteiger partial charge on any atom is 0.243 e. The van der Waals surface area contributed by atoms with Crippen LogP contribution >= 0.6 is 22.9 Å². The highest BCUT2D eigenvalue weighted by Gasteiger charge is 2.10. The Hall–Kier alpha value is -0.680. The molecule has 1 amide bonds. The molecule has 1 rings (SSSR count). The molecule has 0 unspecified atom stereocenters. The van der Waals surface area contributed by atoms with E-state index in [1.165, 1.54) is 11.3 Å². The lowest BCUT2D eigenvalue weighted by Gasteiger charge is -2.00. The van der Waals surface area contributed by atoms with Crippen LogP contribution in [-0.4, -0.2) is 21.5 Å². The van der Waals surface area contributed by atoms with Crippen molar-refractivity contribution in [1.29, 1.82) is 0 Å². The van der Waals surface area contributed by atoms with E-state index in [-0.39, 0.29) is 5.91 Å². The first-order valence-corrected chi connectivity index (χ1v) is 4.60. The Labute approximate surface area is 79.0 Å². The Bertz CT molecular complexity index is 286. The van der Waals surface area contributed by atoms with Crippen LogP contribution in [0.4, 0.5) is 5.13 Å². The van der Waals surface area contributed by atoms with Crippen LogP contribution in [-0.2, 0) is 4.79 Å². The third-order valence-electron chi connectivity index (χ3n) is 1.12. The number of aryl methyl sites for hydroxylation is 1. The zero-order chi connectivity index (χ0) is 9.14. The minimum absolute atomic E-state index is 0.257. The van der Waals surface area contributed by atoms with Gasteiger partial charge in [-0.2, -0.15) is 0 Å². The normalized spacial score (nSPS) is 12.6. The molecule has 0 aliphatic heterocycles. The molecule has 0 aliphatic rings. The number of halogens is 1. The molecule has 66 valence electrons. The summed E-state index contributed by atoms with van der Waals surface area (Å²) in [4.78, 5) is 11.0. The van der Waals surface area contributed by atoms with Crippen LogP contribution in [0, 0.1) is 6.92 Å². The second-order valence-corrected chi connectivity index (χ2v) is 4.07. The van der Waals surface area contributed by atoms with Gasteiger partial charge in [0.1, 0.15) is 10.4 Å². The molecule has 12 heavy (non-hydrogen) atoms. The largest absolute Gasteiger partial charge is 0.299 e. The highest BCUT2D eigenvalue weighted by atomic mass is 35.5. The molecule has 0 saturated heterocycles. The van der Waals surface area contributed by atoms with E-state index in [9.17, 15) is 4.79 Å². The quantitative estimate of drug-likeness (QED) is 0.743. The summed E-state index contributed by atoms with van der Waals surface area (Å²) in [6.07, 6.45) is 0. The number of carbonyl (C=O) groups excluding carboxylic acids is 1. The van der Waals surface area contributed by atoms with E-state index < -0.39 is 5.38 Å². The molecule has 0 spiro atoms. The topological polar surface area (TPSA) is 54.9 Å². The molecule has 1 N–H and O–H groups in total. The molecule has 1 aromatic heterocycles. The van der Waals surface area contributed by atoms with Crippen molar-refractivity contribution in [3.8, 4) is 0 Å². The Balaban J connectivity index is 2.58. The number of anilines is 1. The van der Waals surface area contributed by atoms with Crippen LogP contribution in [0.2, 0.25) is 0 Å². The van der Waals surface area contributed by atoms with Gasteiger partial charge in [-0.15, -0.1) is 21.8 Å². The summed E-state index contributed by atoms with van der Waals surface area (Å²) >= 11 is 6.85. The van der Waals surface area contributed by atoms with Gasteiger partial charge in [0.2, 0.25) is 11.0 Å². The maximum absolute atomic E-state index is 11.0. The van der Waals surface area contributed by atoms with Gasteiger partial charge in [0, 0.05) is 0 Å². The predicted molar refractivity (Wildman–Crippen MR) is 48.6 cm³/mol. The van der Waals surface area contributed by atoms with E-state index in [2.05, 4.69) is 15.5 Å². The third-order valence-corrected chi connectivity index (χ3v) is 2.07. The van der Waals surface area contributed by atoms with Crippen LogP contribution in [0.3, 0.4) is 0 Å². The highest BCUT2D eigenvalue weighted by Crippen LogP contribution is 2.14. The van der Waals surface area contributed by atoms with Crippen molar-refractivity contribution >= 4 is 34.0 Å². The smallest absolute Gasteiger partial charge is 0.243 e. The standard InChI is InChI=1S/C6H8ClN3OS/c1-3(7)5(11)8-6-10-9-4(2)12-6/h3H,1-2H3,(H,8,10,11)/t3-/m0/s1. The molecular weight excluding hydrogens is 198 g/mol. The number of alkyl halides is 1. The summed E-state index contributed by atoms with van der Waals surface area (Å²) in [5, 5.41) is 10.7. The molecule has 0 fully saturated rings. The number of rotatable bonds is 2. The lowest BCUT2D eigenvalue weighted by atomic mass is 10.4. The Morgan fingerprint density at radius 3 is 2.75 bits per heavy atom. The summed E-state index contributed by atoms with van der Waals surface area (Å²) in [7, 11) is 0. The van der Waals surface area contributed by atoms with E-state index in [0.717, 1.165) is 5.01 Å². The van der Waals surface area contributed by atoms with Gasteiger partial charge in [-0.1, -0.05) is 11.3 Å². The van der Waals surface area contributed by atoms with Gasteiger partial charge in [-0.05, 0) is 13.8 Å². The minimum atomic E-state index is -0.547. The van der Waals surface area contributed by atoms with E-state index in [0.29, 0.717) is 5.13 Å². The van der Waals surface area contributed by atoms with Crippen molar-refractivity contribution in [2.45, 2.75) is 19.2 Å². The van der Waals surface area contributed by atoms with Gasteiger partial charge in [-0.25, -0.2) is 0 Å². The fourth-order valence-corrected chi connectivity index (χ4v) is 1.20. The second kappa shape index (κ2) is 3.82. The molecule has 1 atom stereocenters. The van der Waals surface area contributed by atoms with Crippen molar-refractivity contribution in [2.24, 2.45) is 0 Å². The number of carbonyl (C=O) groups is 1. The van der Waals surface area contributed by atoms with Crippen molar-refractivity contribution in [3.63, 3.8) is 0 Å². The van der Waals surface area contributed by atoms with E-state index in [1.807, 2.05) is 6.92 Å².